The monoisotopic (exact) mass is 249 g/mol. The van der Waals surface area contributed by atoms with Crippen molar-refractivity contribution in [3.63, 3.8) is 0 Å². The maximum Gasteiger partial charge on any atom is 0.347 e. The van der Waals surface area contributed by atoms with Crippen LogP contribution in [0.15, 0.2) is 24.3 Å². The van der Waals surface area contributed by atoms with Crippen molar-refractivity contribution in [3.05, 3.63) is 29.8 Å². The molecule has 0 amide bonds. The number of esters is 2. The number of ether oxygens (including phenoxy) is 2. The van der Waals surface area contributed by atoms with Gasteiger partial charge in [-0.05, 0) is 24.1 Å². The highest BCUT2D eigenvalue weighted by Gasteiger charge is 2.29. The second-order valence-electron chi connectivity index (χ2n) is 4.18. The Morgan fingerprint density at radius 3 is 2.72 bits per heavy atom. The minimum absolute atomic E-state index is 0.244. The topological polar surface area (TPSA) is 78.6 Å². The van der Waals surface area contributed by atoms with Crippen molar-refractivity contribution >= 4 is 17.6 Å². The van der Waals surface area contributed by atoms with Gasteiger partial charge in [0.2, 0.25) is 6.10 Å². The molecule has 0 bridgehead atoms. The summed E-state index contributed by atoms with van der Waals surface area (Å²) in [4.78, 5) is 22.6. The Hall–Kier alpha value is -2.04. The zero-order valence-corrected chi connectivity index (χ0v) is 9.93. The predicted octanol–water partition coefficient (Wildman–Crippen LogP) is 1.06. The molecule has 1 atom stereocenters. The molecular weight excluding hydrogens is 234 g/mol. The third-order valence-corrected chi connectivity index (χ3v) is 2.76. The molecule has 1 aromatic rings. The largest absolute Gasteiger partial charge is 0.463 e. The fourth-order valence-corrected chi connectivity index (χ4v) is 1.73. The van der Waals surface area contributed by atoms with Crippen molar-refractivity contribution in [1.29, 1.82) is 0 Å². The van der Waals surface area contributed by atoms with Gasteiger partial charge in [-0.25, -0.2) is 4.79 Å². The van der Waals surface area contributed by atoms with Gasteiger partial charge in [-0.2, -0.15) is 0 Å². The number of hydrogen-bond donors (Lipinski definition) is 1. The molecule has 1 aliphatic rings. The van der Waals surface area contributed by atoms with E-state index in [1.165, 1.54) is 0 Å². The normalized spacial score (nSPS) is 18.4. The number of aryl methyl sites for hydroxylation is 1. The molecule has 0 radical (unpaired) electrons. The van der Waals surface area contributed by atoms with E-state index in [4.69, 9.17) is 15.2 Å². The van der Waals surface area contributed by atoms with E-state index in [1.54, 1.807) is 12.1 Å². The highest BCUT2D eigenvalue weighted by molar-refractivity contribution is 5.80. The van der Waals surface area contributed by atoms with E-state index in [2.05, 4.69) is 0 Å². The lowest BCUT2D eigenvalue weighted by molar-refractivity contribution is -0.160. The fourth-order valence-electron chi connectivity index (χ4n) is 1.73. The third-order valence-electron chi connectivity index (χ3n) is 2.76. The quantitative estimate of drug-likeness (QED) is 0.637. The highest BCUT2D eigenvalue weighted by Crippen LogP contribution is 2.13. The van der Waals surface area contributed by atoms with Gasteiger partial charge < -0.3 is 15.2 Å². The summed E-state index contributed by atoms with van der Waals surface area (Å²) < 4.78 is 9.74. The molecule has 1 unspecified atom stereocenters. The number of benzene rings is 1. The molecule has 18 heavy (non-hydrogen) atoms. The van der Waals surface area contributed by atoms with Crippen LogP contribution in [0.1, 0.15) is 18.4 Å². The van der Waals surface area contributed by atoms with Gasteiger partial charge in [0.1, 0.15) is 0 Å². The standard InChI is InChI=1S/C13H15NO4/c14-10-4-1-9(2-5-10)3-6-12(15)18-11-7-8-17-13(11)16/h1-2,4-5,11H,3,6-8,14H2. The van der Waals surface area contributed by atoms with Gasteiger partial charge in [0.15, 0.2) is 0 Å². The Kier molecular flexibility index (Phi) is 3.82. The van der Waals surface area contributed by atoms with E-state index >= 15 is 0 Å². The van der Waals surface area contributed by atoms with Crippen molar-refractivity contribution in [1.82, 2.24) is 0 Å². The third kappa shape index (κ3) is 3.23. The molecule has 1 saturated heterocycles. The van der Waals surface area contributed by atoms with Gasteiger partial charge in [-0.15, -0.1) is 0 Å². The van der Waals surface area contributed by atoms with Gasteiger partial charge in [0, 0.05) is 18.5 Å². The molecular formula is C13H15NO4. The summed E-state index contributed by atoms with van der Waals surface area (Å²) in [5, 5.41) is 0. The number of hydrogen-bond acceptors (Lipinski definition) is 5. The van der Waals surface area contributed by atoms with Crippen LogP contribution in [0.25, 0.3) is 0 Å². The van der Waals surface area contributed by atoms with E-state index in [-0.39, 0.29) is 12.4 Å². The number of anilines is 1. The highest BCUT2D eigenvalue weighted by atomic mass is 16.6. The van der Waals surface area contributed by atoms with Gasteiger partial charge >= 0.3 is 11.9 Å². The van der Waals surface area contributed by atoms with Gasteiger partial charge in [0.05, 0.1) is 6.61 Å². The van der Waals surface area contributed by atoms with Crippen molar-refractivity contribution < 1.29 is 19.1 Å². The molecule has 2 N–H and O–H groups in total. The Balaban J connectivity index is 1.78. The lowest BCUT2D eigenvalue weighted by Crippen LogP contribution is -2.22. The Morgan fingerprint density at radius 1 is 1.39 bits per heavy atom. The fraction of sp³-hybridized carbons (Fsp3) is 0.385. The second-order valence-corrected chi connectivity index (χ2v) is 4.18. The molecule has 5 nitrogen and oxygen atoms in total. The zero-order chi connectivity index (χ0) is 13.0. The van der Waals surface area contributed by atoms with Crippen LogP contribution >= 0.6 is 0 Å². The summed E-state index contributed by atoms with van der Waals surface area (Å²) in [6.45, 7) is 0.328. The average Bonchev–Trinajstić information content (AvgIpc) is 2.74. The molecule has 0 saturated carbocycles. The number of carbonyl (C=O) groups excluding carboxylic acids is 2. The first-order valence-corrected chi connectivity index (χ1v) is 5.85. The predicted molar refractivity (Wildman–Crippen MR) is 64.6 cm³/mol. The van der Waals surface area contributed by atoms with Gasteiger partial charge in [-0.1, -0.05) is 12.1 Å². The van der Waals surface area contributed by atoms with Crippen LogP contribution in [-0.4, -0.2) is 24.6 Å². The number of nitrogens with two attached hydrogens (primary N) is 1. The van der Waals surface area contributed by atoms with Crippen LogP contribution in [0.2, 0.25) is 0 Å². The molecule has 1 aliphatic heterocycles. The van der Waals surface area contributed by atoms with Crippen LogP contribution < -0.4 is 5.73 Å². The van der Waals surface area contributed by atoms with Crippen LogP contribution in [0, 0.1) is 0 Å². The summed E-state index contributed by atoms with van der Waals surface area (Å²) in [6.07, 6.45) is 0.546. The first-order chi connectivity index (χ1) is 8.65. The summed E-state index contributed by atoms with van der Waals surface area (Å²) in [7, 11) is 0. The Labute approximate surface area is 105 Å². The minimum Gasteiger partial charge on any atom is -0.463 e. The van der Waals surface area contributed by atoms with E-state index in [0.29, 0.717) is 25.1 Å². The molecule has 1 fully saturated rings. The number of nitrogen functional groups attached to an aromatic ring is 1. The average molecular weight is 249 g/mol. The molecule has 5 heteroatoms. The summed E-state index contributed by atoms with van der Waals surface area (Å²) in [5.41, 5.74) is 7.26. The maximum absolute atomic E-state index is 11.5. The summed E-state index contributed by atoms with van der Waals surface area (Å²) in [5.74, 6) is -0.827. The molecule has 0 aromatic heterocycles. The van der Waals surface area contributed by atoms with Crippen LogP contribution in [0.4, 0.5) is 5.69 Å². The van der Waals surface area contributed by atoms with E-state index in [9.17, 15) is 9.59 Å². The van der Waals surface area contributed by atoms with Crippen LogP contribution in [0.5, 0.6) is 0 Å². The molecule has 1 heterocycles. The lowest BCUT2D eigenvalue weighted by atomic mass is 10.1. The molecule has 1 aromatic carbocycles. The molecule has 2 rings (SSSR count). The van der Waals surface area contributed by atoms with Crippen molar-refractivity contribution in [3.8, 4) is 0 Å². The first-order valence-electron chi connectivity index (χ1n) is 5.85. The van der Waals surface area contributed by atoms with Crippen LogP contribution in [-0.2, 0) is 25.5 Å². The maximum atomic E-state index is 11.5. The SMILES string of the molecule is Nc1ccc(CCC(=O)OC2CCOC2=O)cc1. The minimum atomic E-state index is -0.719. The summed E-state index contributed by atoms with van der Waals surface area (Å²) in [6, 6.07) is 7.31. The Bertz CT molecular complexity index is 441. The van der Waals surface area contributed by atoms with E-state index in [1.807, 2.05) is 12.1 Å². The smallest absolute Gasteiger partial charge is 0.347 e. The van der Waals surface area contributed by atoms with Gasteiger partial charge in [-0.3, -0.25) is 4.79 Å². The number of rotatable bonds is 4. The number of carbonyl (C=O) groups is 2. The first kappa shape index (κ1) is 12.4. The van der Waals surface area contributed by atoms with Crippen LogP contribution in [0.3, 0.4) is 0 Å². The number of cyclic esters (lactones) is 1. The van der Waals surface area contributed by atoms with Crippen molar-refractivity contribution in [2.24, 2.45) is 0 Å². The molecule has 96 valence electrons. The van der Waals surface area contributed by atoms with E-state index < -0.39 is 12.1 Å². The molecule has 0 spiro atoms. The zero-order valence-electron chi connectivity index (χ0n) is 9.93. The molecule has 0 aliphatic carbocycles. The van der Waals surface area contributed by atoms with E-state index in [0.717, 1.165) is 5.56 Å². The van der Waals surface area contributed by atoms with Crippen molar-refractivity contribution in [2.75, 3.05) is 12.3 Å². The Morgan fingerprint density at radius 2 is 2.11 bits per heavy atom. The van der Waals surface area contributed by atoms with Gasteiger partial charge in [0.25, 0.3) is 0 Å². The van der Waals surface area contributed by atoms with Crippen molar-refractivity contribution in [2.45, 2.75) is 25.4 Å². The second kappa shape index (κ2) is 5.53. The summed E-state index contributed by atoms with van der Waals surface area (Å²) >= 11 is 0. The lowest BCUT2D eigenvalue weighted by Gasteiger charge is -2.08.